The van der Waals surface area contributed by atoms with Crippen LogP contribution in [0, 0.1) is 5.41 Å². The molecule has 1 aromatic carbocycles. The van der Waals surface area contributed by atoms with Crippen LogP contribution in [0.25, 0.3) is 0 Å². The Morgan fingerprint density at radius 2 is 2.33 bits per heavy atom. The Balaban J connectivity index is 2.08. The largest absolute Gasteiger partial charge is 0.494 e. The summed E-state index contributed by atoms with van der Waals surface area (Å²) >= 11 is 0. The molecule has 0 amide bonds. The monoisotopic (exact) mass is 204 g/mol. The van der Waals surface area contributed by atoms with Crippen molar-refractivity contribution in [2.45, 2.75) is 26.3 Å². The van der Waals surface area contributed by atoms with Gasteiger partial charge in [-0.15, -0.1) is 0 Å². The lowest BCUT2D eigenvalue weighted by Crippen LogP contribution is -2.12. The summed E-state index contributed by atoms with van der Waals surface area (Å²) in [5.41, 5.74) is 2.16. The van der Waals surface area contributed by atoms with Crippen LogP contribution in [-0.2, 0) is 6.54 Å². The predicted molar refractivity (Wildman–Crippen MR) is 60.5 cm³/mol. The van der Waals surface area contributed by atoms with Gasteiger partial charge in [-0.2, -0.15) is 0 Å². The molecule has 0 aromatic heterocycles. The third kappa shape index (κ3) is 2.12. The van der Waals surface area contributed by atoms with Gasteiger partial charge in [-0.3, -0.25) is 5.41 Å². The Hall–Kier alpha value is -1.51. The molecule has 0 saturated heterocycles. The minimum atomic E-state index is 0.506. The highest BCUT2D eigenvalue weighted by Gasteiger charge is 2.15. The van der Waals surface area contributed by atoms with Gasteiger partial charge >= 0.3 is 0 Å². The van der Waals surface area contributed by atoms with Crippen LogP contribution < -0.4 is 10.1 Å². The lowest BCUT2D eigenvalue weighted by Gasteiger charge is -2.06. The summed E-state index contributed by atoms with van der Waals surface area (Å²) in [6, 6.07) is 5.97. The van der Waals surface area contributed by atoms with Crippen molar-refractivity contribution >= 4 is 5.84 Å². The average molecular weight is 204 g/mol. The van der Waals surface area contributed by atoms with Crippen molar-refractivity contribution in [3.05, 3.63) is 29.3 Å². The zero-order valence-corrected chi connectivity index (χ0v) is 8.97. The summed E-state index contributed by atoms with van der Waals surface area (Å²) in [6.07, 6.45) is 2.22. The number of ether oxygens (including phenoxy) is 1. The van der Waals surface area contributed by atoms with Gasteiger partial charge in [0.2, 0.25) is 0 Å². The summed E-state index contributed by atoms with van der Waals surface area (Å²) in [5, 5.41) is 10.7. The first kappa shape index (κ1) is 10.0. The second-order valence-electron chi connectivity index (χ2n) is 3.75. The first-order valence-electron chi connectivity index (χ1n) is 5.40. The topological polar surface area (TPSA) is 45.1 Å². The average Bonchev–Trinajstić information content (AvgIpc) is 2.61. The third-order valence-electron chi connectivity index (χ3n) is 2.57. The number of hydrogen-bond acceptors (Lipinski definition) is 2. The van der Waals surface area contributed by atoms with E-state index in [1.54, 1.807) is 0 Å². The number of fused-ring (bicyclic) bond motifs is 1. The normalized spacial score (nSPS) is 13.5. The number of amidine groups is 1. The van der Waals surface area contributed by atoms with Crippen LogP contribution in [0.15, 0.2) is 18.2 Å². The van der Waals surface area contributed by atoms with Crippen LogP contribution in [0.3, 0.4) is 0 Å². The van der Waals surface area contributed by atoms with Gasteiger partial charge in [0.15, 0.2) is 0 Å². The maximum absolute atomic E-state index is 7.67. The van der Waals surface area contributed by atoms with Gasteiger partial charge < -0.3 is 10.1 Å². The van der Waals surface area contributed by atoms with Gasteiger partial charge in [-0.1, -0.05) is 19.4 Å². The van der Waals surface area contributed by atoms with Crippen molar-refractivity contribution in [1.82, 2.24) is 5.32 Å². The molecule has 0 spiro atoms. The summed E-state index contributed by atoms with van der Waals surface area (Å²) in [4.78, 5) is 0. The van der Waals surface area contributed by atoms with Gasteiger partial charge in [0.05, 0.1) is 6.61 Å². The minimum Gasteiger partial charge on any atom is -0.494 e. The van der Waals surface area contributed by atoms with E-state index in [1.807, 2.05) is 18.2 Å². The van der Waals surface area contributed by atoms with Gasteiger partial charge in [-0.25, -0.2) is 0 Å². The lowest BCUT2D eigenvalue weighted by atomic mass is 10.1. The smallest absolute Gasteiger partial charge is 0.126 e. The molecule has 1 heterocycles. The van der Waals surface area contributed by atoms with Crippen LogP contribution in [0.1, 0.15) is 30.9 Å². The molecule has 0 unspecified atom stereocenters. The number of nitrogens with one attached hydrogen (secondary N) is 2. The third-order valence-corrected chi connectivity index (χ3v) is 2.57. The van der Waals surface area contributed by atoms with Gasteiger partial charge in [0.25, 0.3) is 0 Å². The fourth-order valence-electron chi connectivity index (χ4n) is 1.65. The van der Waals surface area contributed by atoms with E-state index < -0.39 is 0 Å². The van der Waals surface area contributed by atoms with Gasteiger partial charge in [0, 0.05) is 12.1 Å². The van der Waals surface area contributed by atoms with E-state index >= 15 is 0 Å². The van der Waals surface area contributed by atoms with Crippen molar-refractivity contribution in [3.8, 4) is 5.75 Å². The van der Waals surface area contributed by atoms with Crippen LogP contribution in [0.2, 0.25) is 0 Å². The summed E-state index contributed by atoms with van der Waals surface area (Å²) in [6.45, 7) is 3.67. The van der Waals surface area contributed by atoms with Crippen molar-refractivity contribution in [1.29, 1.82) is 5.41 Å². The molecule has 0 saturated carbocycles. The van der Waals surface area contributed by atoms with E-state index in [0.717, 1.165) is 37.3 Å². The van der Waals surface area contributed by atoms with Crippen molar-refractivity contribution in [3.63, 3.8) is 0 Å². The minimum absolute atomic E-state index is 0.506. The van der Waals surface area contributed by atoms with Crippen LogP contribution >= 0.6 is 0 Å². The molecular weight excluding hydrogens is 188 g/mol. The molecule has 3 nitrogen and oxygen atoms in total. The van der Waals surface area contributed by atoms with Gasteiger partial charge in [-0.05, 0) is 24.1 Å². The van der Waals surface area contributed by atoms with Crippen molar-refractivity contribution in [2.24, 2.45) is 0 Å². The van der Waals surface area contributed by atoms with E-state index in [4.69, 9.17) is 10.1 Å². The van der Waals surface area contributed by atoms with Gasteiger partial charge in [0.1, 0.15) is 11.6 Å². The Morgan fingerprint density at radius 1 is 1.47 bits per heavy atom. The molecule has 1 aromatic rings. The molecule has 0 atom stereocenters. The molecule has 0 aliphatic carbocycles. The van der Waals surface area contributed by atoms with E-state index in [2.05, 4.69) is 12.2 Å². The number of rotatable bonds is 4. The Bertz CT molecular complexity index is 374. The number of unbranched alkanes of at least 4 members (excludes halogenated alkanes) is 1. The highest BCUT2D eigenvalue weighted by Crippen LogP contribution is 2.21. The predicted octanol–water partition coefficient (Wildman–Crippen LogP) is 2.29. The highest BCUT2D eigenvalue weighted by molar-refractivity contribution is 6.00. The van der Waals surface area contributed by atoms with E-state index in [0.29, 0.717) is 5.84 Å². The summed E-state index contributed by atoms with van der Waals surface area (Å²) < 4.78 is 5.60. The van der Waals surface area contributed by atoms with E-state index in [-0.39, 0.29) is 0 Å². The fraction of sp³-hybridized carbons (Fsp3) is 0.417. The standard InChI is InChI=1S/C12H16N2O/c1-2-3-6-15-10-5-4-9-8-14-12(13)11(9)7-10/h4-5,7H,2-3,6,8H2,1H3,(H2,13,14). The van der Waals surface area contributed by atoms with Crippen molar-refractivity contribution < 1.29 is 4.74 Å². The van der Waals surface area contributed by atoms with E-state index in [1.165, 1.54) is 5.56 Å². The molecular formula is C12H16N2O. The lowest BCUT2D eigenvalue weighted by molar-refractivity contribution is 0.309. The van der Waals surface area contributed by atoms with Crippen molar-refractivity contribution in [2.75, 3.05) is 6.61 Å². The second-order valence-corrected chi connectivity index (χ2v) is 3.75. The maximum atomic E-state index is 7.67. The molecule has 1 aliphatic heterocycles. The quantitative estimate of drug-likeness (QED) is 0.739. The Labute approximate surface area is 90.0 Å². The zero-order chi connectivity index (χ0) is 10.7. The van der Waals surface area contributed by atoms with Crippen LogP contribution in [-0.4, -0.2) is 12.4 Å². The number of hydrogen-bond donors (Lipinski definition) is 2. The first-order valence-corrected chi connectivity index (χ1v) is 5.40. The molecule has 2 N–H and O–H groups in total. The Kier molecular flexibility index (Phi) is 2.90. The molecule has 3 heteroatoms. The molecule has 15 heavy (non-hydrogen) atoms. The molecule has 0 radical (unpaired) electrons. The number of benzene rings is 1. The van der Waals surface area contributed by atoms with Crippen LogP contribution in [0.4, 0.5) is 0 Å². The van der Waals surface area contributed by atoms with Crippen LogP contribution in [0.5, 0.6) is 5.75 Å². The molecule has 80 valence electrons. The SMILES string of the molecule is CCCCOc1ccc2c(c1)C(=N)NC2. The Morgan fingerprint density at radius 3 is 3.13 bits per heavy atom. The fourth-order valence-corrected chi connectivity index (χ4v) is 1.65. The summed E-state index contributed by atoms with van der Waals surface area (Å²) in [5.74, 6) is 1.38. The summed E-state index contributed by atoms with van der Waals surface area (Å²) in [7, 11) is 0. The molecule has 1 aliphatic rings. The van der Waals surface area contributed by atoms with E-state index in [9.17, 15) is 0 Å². The molecule has 0 bridgehead atoms. The highest BCUT2D eigenvalue weighted by atomic mass is 16.5. The molecule has 2 rings (SSSR count). The zero-order valence-electron chi connectivity index (χ0n) is 8.97. The molecule has 0 fully saturated rings. The second kappa shape index (κ2) is 4.34. The first-order chi connectivity index (χ1) is 7.31. The maximum Gasteiger partial charge on any atom is 0.126 e.